The number of benzene rings is 1. The van der Waals surface area contributed by atoms with Crippen molar-refractivity contribution in [1.29, 1.82) is 5.26 Å². The van der Waals surface area contributed by atoms with Gasteiger partial charge in [-0.1, -0.05) is 11.6 Å². The standard InChI is InChI=1S/C13H13ClN2O2S/c1-9(8-19(2,17)18)16-6-5-11-12(16)4-3-10(7-15)13(11)14/h3-6,9H,8H2,1-2H3/t9-/m1/s1. The lowest BCUT2D eigenvalue weighted by Gasteiger charge is -2.14. The van der Waals surface area contributed by atoms with Crippen LogP contribution in [0.25, 0.3) is 10.9 Å². The Balaban J connectivity index is 2.53. The molecule has 6 heteroatoms. The minimum absolute atomic E-state index is 0.0639. The van der Waals surface area contributed by atoms with E-state index in [0.717, 1.165) is 10.9 Å². The van der Waals surface area contributed by atoms with Crippen LogP contribution in [-0.2, 0) is 9.84 Å². The van der Waals surface area contributed by atoms with Crippen LogP contribution in [0.15, 0.2) is 24.4 Å². The number of hydrogen-bond donors (Lipinski definition) is 0. The fraction of sp³-hybridized carbons (Fsp3) is 0.308. The Morgan fingerprint density at radius 1 is 1.42 bits per heavy atom. The molecule has 0 unspecified atom stereocenters. The Labute approximate surface area is 117 Å². The fourth-order valence-corrected chi connectivity index (χ4v) is 3.49. The van der Waals surface area contributed by atoms with Crippen LogP contribution < -0.4 is 0 Å². The summed E-state index contributed by atoms with van der Waals surface area (Å²) >= 11 is 6.14. The zero-order chi connectivity index (χ0) is 14.2. The van der Waals surface area contributed by atoms with Crippen molar-refractivity contribution in [2.75, 3.05) is 12.0 Å². The topological polar surface area (TPSA) is 62.9 Å². The molecule has 0 aliphatic heterocycles. The first-order chi connectivity index (χ1) is 8.83. The Hall–Kier alpha value is -1.51. The molecule has 19 heavy (non-hydrogen) atoms. The average Bonchev–Trinajstić information content (AvgIpc) is 2.72. The van der Waals surface area contributed by atoms with E-state index in [1.54, 1.807) is 24.4 Å². The van der Waals surface area contributed by atoms with Crippen LogP contribution in [0.3, 0.4) is 0 Å². The van der Waals surface area contributed by atoms with Gasteiger partial charge in [0.2, 0.25) is 0 Å². The first-order valence-corrected chi connectivity index (χ1v) is 8.14. The molecule has 1 atom stereocenters. The predicted molar refractivity (Wildman–Crippen MR) is 76.1 cm³/mol. The number of rotatable bonds is 3. The molecule has 0 saturated carbocycles. The smallest absolute Gasteiger partial charge is 0.149 e. The Kier molecular flexibility index (Phi) is 3.57. The van der Waals surface area contributed by atoms with Crippen molar-refractivity contribution in [2.24, 2.45) is 0 Å². The van der Waals surface area contributed by atoms with Gasteiger partial charge in [-0.3, -0.25) is 0 Å². The van der Waals surface area contributed by atoms with E-state index in [4.69, 9.17) is 16.9 Å². The highest BCUT2D eigenvalue weighted by Gasteiger charge is 2.16. The van der Waals surface area contributed by atoms with Crippen molar-refractivity contribution in [3.8, 4) is 6.07 Å². The van der Waals surface area contributed by atoms with Gasteiger partial charge in [-0.15, -0.1) is 0 Å². The highest BCUT2D eigenvalue weighted by molar-refractivity contribution is 7.90. The van der Waals surface area contributed by atoms with E-state index in [1.807, 2.05) is 17.6 Å². The molecule has 1 heterocycles. The summed E-state index contributed by atoms with van der Waals surface area (Å²) in [6, 6.07) is 7.08. The van der Waals surface area contributed by atoms with Crippen LogP contribution in [0.4, 0.5) is 0 Å². The second kappa shape index (κ2) is 4.87. The number of halogens is 1. The van der Waals surface area contributed by atoms with Crippen molar-refractivity contribution >= 4 is 32.3 Å². The number of hydrogen-bond acceptors (Lipinski definition) is 3. The molecule has 0 fully saturated rings. The largest absolute Gasteiger partial charge is 0.344 e. The molecule has 100 valence electrons. The SMILES string of the molecule is C[C@H](CS(C)(=O)=O)n1ccc2c(Cl)c(C#N)ccc21. The third-order valence-corrected chi connectivity index (χ3v) is 4.47. The van der Waals surface area contributed by atoms with Gasteiger partial charge in [0.25, 0.3) is 0 Å². The summed E-state index contributed by atoms with van der Waals surface area (Å²) in [5.41, 5.74) is 1.25. The summed E-state index contributed by atoms with van der Waals surface area (Å²) in [5, 5.41) is 10.1. The number of aromatic nitrogens is 1. The molecule has 0 spiro atoms. The average molecular weight is 297 g/mol. The molecule has 1 aromatic heterocycles. The number of nitriles is 1. The molecular formula is C13H13ClN2O2S. The van der Waals surface area contributed by atoms with Crippen LogP contribution in [0.5, 0.6) is 0 Å². The molecule has 4 nitrogen and oxygen atoms in total. The van der Waals surface area contributed by atoms with Gasteiger partial charge in [0.1, 0.15) is 15.9 Å². The van der Waals surface area contributed by atoms with Crippen molar-refractivity contribution in [2.45, 2.75) is 13.0 Å². The molecule has 0 amide bonds. The molecule has 0 N–H and O–H groups in total. The van der Waals surface area contributed by atoms with Crippen LogP contribution in [0.2, 0.25) is 5.02 Å². The second-order valence-electron chi connectivity index (χ2n) is 4.64. The maximum absolute atomic E-state index is 11.4. The number of fused-ring (bicyclic) bond motifs is 1. The molecule has 2 aromatic rings. The molecule has 2 rings (SSSR count). The first-order valence-electron chi connectivity index (χ1n) is 5.70. The summed E-state index contributed by atoms with van der Waals surface area (Å²) < 4.78 is 24.6. The third kappa shape index (κ3) is 2.75. The molecule has 0 radical (unpaired) electrons. The maximum atomic E-state index is 11.4. The van der Waals surface area contributed by atoms with Crippen LogP contribution in [0, 0.1) is 11.3 Å². The number of sulfone groups is 1. The molecule has 0 aliphatic carbocycles. The van der Waals surface area contributed by atoms with Crippen LogP contribution in [-0.4, -0.2) is 25.0 Å². The molecule has 0 aliphatic rings. The zero-order valence-corrected chi connectivity index (χ0v) is 12.2. The summed E-state index contributed by atoms with van der Waals surface area (Å²) in [7, 11) is -3.05. The Morgan fingerprint density at radius 3 is 2.68 bits per heavy atom. The predicted octanol–water partition coefficient (Wildman–Crippen LogP) is 2.77. The van der Waals surface area contributed by atoms with Crippen molar-refractivity contribution in [1.82, 2.24) is 4.57 Å². The summed E-state index contributed by atoms with van der Waals surface area (Å²) in [5.74, 6) is 0.0639. The van der Waals surface area contributed by atoms with E-state index in [0.29, 0.717) is 10.6 Å². The van der Waals surface area contributed by atoms with E-state index >= 15 is 0 Å². The van der Waals surface area contributed by atoms with E-state index in [2.05, 4.69) is 0 Å². The van der Waals surface area contributed by atoms with Gasteiger partial charge < -0.3 is 4.57 Å². The van der Waals surface area contributed by atoms with Gasteiger partial charge in [-0.2, -0.15) is 5.26 Å². The lowest BCUT2D eigenvalue weighted by Crippen LogP contribution is -2.15. The highest BCUT2D eigenvalue weighted by Crippen LogP contribution is 2.29. The van der Waals surface area contributed by atoms with Crippen molar-refractivity contribution in [3.63, 3.8) is 0 Å². The van der Waals surface area contributed by atoms with Crippen LogP contribution >= 0.6 is 11.6 Å². The quantitative estimate of drug-likeness (QED) is 0.875. The molecule has 0 saturated heterocycles. The van der Waals surface area contributed by atoms with Crippen LogP contribution in [0.1, 0.15) is 18.5 Å². The van der Waals surface area contributed by atoms with E-state index in [-0.39, 0.29) is 11.8 Å². The van der Waals surface area contributed by atoms with E-state index in [9.17, 15) is 8.42 Å². The normalized spacial score (nSPS) is 13.4. The highest BCUT2D eigenvalue weighted by atomic mass is 35.5. The minimum Gasteiger partial charge on any atom is -0.344 e. The Morgan fingerprint density at radius 2 is 2.11 bits per heavy atom. The fourth-order valence-electron chi connectivity index (χ4n) is 2.19. The van der Waals surface area contributed by atoms with E-state index in [1.165, 1.54) is 6.26 Å². The second-order valence-corrected chi connectivity index (χ2v) is 7.20. The van der Waals surface area contributed by atoms with Gasteiger partial charge in [0.15, 0.2) is 0 Å². The lowest BCUT2D eigenvalue weighted by molar-refractivity contribution is 0.570. The summed E-state index contributed by atoms with van der Waals surface area (Å²) in [6.45, 7) is 1.84. The van der Waals surface area contributed by atoms with Gasteiger partial charge in [0, 0.05) is 29.4 Å². The van der Waals surface area contributed by atoms with Gasteiger partial charge >= 0.3 is 0 Å². The monoisotopic (exact) mass is 296 g/mol. The molecule has 0 bridgehead atoms. The van der Waals surface area contributed by atoms with Gasteiger partial charge in [-0.25, -0.2) is 8.42 Å². The third-order valence-electron chi connectivity index (χ3n) is 2.98. The molecule has 1 aromatic carbocycles. The minimum atomic E-state index is -3.05. The zero-order valence-electron chi connectivity index (χ0n) is 10.6. The molecular weight excluding hydrogens is 284 g/mol. The lowest BCUT2D eigenvalue weighted by atomic mass is 10.1. The Bertz CT molecular complexity index is 772. The number of nitrogens with zero attached hydrogens (tertiary/aromatic N) is 2. The van der Waals surface area contributed by atoms with Crippen molar-refractivity contribution < 1.29 is 8.42 Å². The van der Waals surface area contributed by atoms with Gasteiger partial charge in [-0.05, 0) is 25.1 Å². The summed E-state index contributed by atoms with van der Waals surface area (Å²) in [4.78, 5) is 0. The van der Waals surface area contributed by atoms with Crippen molar-refractivity contribution in [3.05, 3.63) is 35.0 Å². The van der Waals surface area contributed by atoms with E-state index < -0.39 is 9.84 Å². The first kappa shape index (κ1) is 13.9. The maximum Gasteiger partial charge on any atom is 0.149 e. The van der Waals surface area contributed by atoms with Gasteiger partial charge in [0.05, 0.1) is 16.3 Å². The summed E-state index contributed by atoms with van der Waals surface area (Å²) in [6.07, 6.45) is 3.02.